The Morgan fingerprint density at radius 3 is 1.56 bits per heavy atom. The molecule has 0 saturated carbocycles. The average Bonchev–Trinajstić information content (AvgIpc) is 3.26. The third-order valence-corrected chi connectivity index (χ3v) is 5.89. The number of hydrogen-bond acceptors (Lipinski definition) is 7. The number of anilines is 1. The van der Waals surface area contributed by atoms with Crippen molar-refractivity contribution in [2.75, 3.05) is 5.73 Å². The number of nitrogens with two attached hydrogens (primary N) is 1. The Hall–Kier alpha value is -4.98. The van der Waals surface area contributed by atoms with Crippen LogP contribution in [0, 0.1) is 10.1 Å². The Balaban J connectivity index is 0.000000142. The molecule has 0 aliphatic heterocycles. The fourth-order valence-electron chi connectivity index (χ4n) is 4.27. The van der Waals surface area contributed by atoms with Crippen molar-refractivity contribution in [3.05, 3.63) is 105 Å². The lowest BCUT2D eigenvalue weighted by molar-refractivity contribution is -0.385. The van der Waals surface area contributed by atoms with E-state index in [0.717, 1.165) is 17.2 Å². The average molecular weight is 452 g/mol. The topological polar surface area (TPSA) is 144 Å². The number of fused-ring (bicyclic) bond motifs is 6. The number of carbonyl (C=O) groups excluding carboxylic acids is 2. The van der Waals surface area contributed by atoms with Crippen LogP contribution in [0.25, 0.3) is 22.3 Å². The van der Waals surface area contributed by atoms with Crippen molar-refractivity contribution >= 4 is 22.9 Å². The van der Waals surface area contributed by atoms with Crippen LogP contribution in [-0.2, 0) is 0 Å². The van der Waals surface area contributed by atoms with Crippen LogP contribution in [0.1, 0.15) is 31.8 Å². The number of nitro benzene ring substituents is 1. The zero-order valence-electron chi connectivity index (χ0n) is 17.5. The number of nitro groups is 1. The van der Waals surface area contributed by atoms with Gasteiger partial charge in [-0.05, 0) is 34.9 Å². The first kappa shape index (κ1) is 20.9. The maximum absolute atomic E-state index is 12.0. The predicted octanol–water partition coefficient (Wildman–Crippen LogP) is 4.70. The number of phenols is 2. The van der Waals surface area contributed by atoms with Crippen molar-refractivity contribution in [1.82, 2.24) is 0 Å². The van der Waals surface area contributed by atoms with E-state index in [9.17, 15) is 29.9 Å². The van der Waals surface area contributed by atoms with E-state index in [2.05, 4.69) is 0 Å². The highest BCUT2D eigenvalue weighted by atomic mass is 16.6. The van der Waals surface area contributed by atoms with Crippen molar-refractivity contribution in [3.63, 3.8) is 0 Å². The van der Waals surface area contributed by atoms with Gasteiger partial charge in [0.2, 0.25) is 0 Å². The van der Waals surface area contributed by atoms with Crippen molar-refractivity contribution in [3.8, 4) is 33.8 Å². The Kier molecular flexibility index (Phi) is 4.65. The molecule has 166 valence electrons. The molecule has 0 bridgehead atoms. The zero-order valence-corrected chi connectivity index (χ0v) is 17.5. The number of rotatable bonds is 1. The molecule has 0 saturated heterocycles. The Morgan fingerprint density at radius 1 is 0.618 bits per heavy atom. The zero-order chi connectivity index (χ0) is 24.1. The number of nitrogen functional groups attached to an aromatic ring is 1. The van der Waals surface area contributed by atoms with Crippen molar-refractivity contribution in [2.24, 2.45) is 0 Å². The molecule has 8 heteroatoms. The van der Waals surface area contributed by atoms with Crippen LogP contribution < -0.4 is 5.73 Å². The van der Waals surface area contributed by atoms with Gasteiger partial charge in [-0.25, -0.2) is 0 Å². The summed E-state index contributed by atoms with van der Waals surface area (Å²) in [5.41, 5.74) is 10.4. The first-order valence-electron chi connectivity index (χ1n) is 10.2. The van der Waals surface area contributed by atoms with E-state index >= 15 is 0 Å². The summed E-state index contributed by atoms with van der Waals surface area (Å²) < 4.78 is 0. The number of ketones is 2. The summed E-state index contributed by atoms with van der Waals surface area (Å²) in [4.78, 5) is 34.2. The quantitative estimate of drug-likeness (QED) is 0.142. The lowest BCUT2D eigenvalue weighted by atomic mass is 10.0. The van der Waals surface area contributed by atoms with E-state index in [1.165, 1.54) is 12.1 Å². The second-order valence-electron chi connectivity index (χ2n) is 7.85. The molecule has 2 aliphatic carbocycles. The summed E-state index contributed by atoms with van der Waals surface area (Å²) in [7, 11) is 0. The van der Waals surface area contributed by atoms with Gasteiger partial charge >= 0.3 is 5.69 Å². The van der Waals surface area contributed by atoms with Gasteiger partial charge in [-0.3, -0.25) is 19.7 Å². The summed E-state index contributed by atoms with van der Waals surface area (Å²) in [5, 5.41) is 29.8. The monoisotopic (exact) mass is 452 g/mol. The molecule has 4 aromatic carbocycles. The minimum absolute atomic E-state index is 0.0418. The summed E-state index contributed by atoms with van der Waals surface area (Å²) >= 11 is 0. The highest BCUT2D eigenvalue weighted by molar-refractivity contribution is 6.23. The largest absolute Gasteiger partial charge is 0.506 e. The molecule has 0 heterocycles. The molecule has 0 fully saturated rings. The summed E-state index contributed by atoms with van der Waals surface area (Å²) in [5.74, 6) is -0.800. The Morgan fingerprint density at radius 2 is 1.06 bits per heavy atom. The molecule has 4 aromatic rings. The van der Waals surface area contributed by atoms with Gasteiger partial charge in [0, 0.05) is 33.9 Å². The summed E-state index contributed by atoms with van der Waals surface area (Å²) in [6.07, 6.45) is 0. The molecule has 0 aromatic heterocycles. The third-order valence-electron chi connectivity index (χ3n) is 5.89. The second kappa shape index (κ2) is 7.56. The van der Waals surface area contributed by atoms with E-state index in [-0.39, 0.29) is 17.3 Å². The number of benzene rings is 4. The fraction of sp³-hybridized carbons (Fsp3) is 0. The van der Waals surface area contributed by atoms with E-state index in [1.807, 2.05) is 18.2 Å². The Bertz CT molecular complexity index is 1560. The van der Waals surface area contributed by atoms with Gasteiger partial charge in [0.1, 0.15) is 5.75 Å². The van der Waals surface area contributed by atoms with Crippen LogP contribution in [0.5, 0.6) is 11.5 Å². The molecule has 8 nitrogen and oxygen atoms in total. The number of nitrogens with zero attached hydrogens (tertiary/aromatic N) is 1. The maximum atomic E-state index is 12.0. The third kappa shape index (κ3) is 3.08. The van der Waals surface area contributed by atoms with Gasteiger partial charge < -0.3 is 15.9 Å². The molecule has 6 rings (SSSR count). The first-order chi connectivity index (χ1) is 16.3. The van der Waals surface area contributed by atoms with Crippen LogP contribution in [0.4, 0.5) is 11.4 Å². The van der Waals surface area contributed by atoms with Crippen LogP contribution >= 0.6 is 0 Å². The molecule has 0 radical (unpaired) electrons. The highest BCUT2D eigenvalue weighted by Gasteiger charge is 2.30. The number of hydrogen-bond donors (Lipinski definition) is 3. The molecule has 0 spiro atoms. The molecule has 4 N–H and O–H groups in total. The van der Waals surface area contributed by atoms with Gasteiger partial charge in [-0.2, -0.15) is 0 Å². The first-order valence-corrected chi connectivity index (χ1v) is 10.2. The number of aromatic hydroxyl groups is 2. The fourth-order valence-corrected chi connectivity index (χ4v) is 4.27. The van der Waals surface area contributed by atoms with Gasteiger partial charge in [0.05, 0.1) is 10.6 Å². The Labute approximate surface area is 192 Å². The lowest BCUT2D eigenvalue weighted by Gasteiger charge is -2.03. The summed E-state index contributed by atoms with van der Waals surface area (Å²) in [6.45, 7) is 0. The lowest BCUT2D eigenvalue weighted by Crippen LogP contribution is -1.96. The van der Waals surface area contributed by atoms with Crippen LogP contribution in [0.3, 0.4) is 0 Å². The van der Waals surface area contributed by atoms with Crippen molar-refractivity contribution in [2.45, 2.75) is 0 Å². The molecule has 0 amide bonds. The van der Waals surface area contributed by atoms with Crippen LogP contribution in [0.2, 0.25) is 0 Å². The van der Waals surface area contributed by atoms with Crippen molar-refractivity contribution < 1.29 is 24.7 Å². The van der Waals surface area contributed by atoms with Gasteiger partial charge in [0.25, 0.3) is 0 Å². The van der Waals surface area contributed by atoms with Gasteiger partial charge in [0.15, 0.2) is 17.3 Å². The minimum Gasteiger partial charge on any atom is -0.506 e. The molecule has 2 aliphatic rings. The van der Waals surface area contributed by atoms with Crippen LogP contribution in [-0.4, -0.2) is 26.7 Å². The minimum atomic E-state index is -0.666. The molecular weight excluding hydrogens is 436 g/mol. The molecular formula is C26H16N2O6. The van der Waals surface area contributed by atoms with E-state index in [4.69, 9.17) is 5.73 Å². The molecule has 0 atom stereocenters. The predicted molar refractivity (Wildman–Crippen MR) is 125 cm³/mol. The van der Waals surface area contributed by atoms with E-state index in [0.29, 0.717) is 39.1 Å². The maximum Gasteiger partial charge on any atom is 0.311 e. The normalized spacial score (nSPS) is 12.2. The van der Waals surface area contributed by atoms with E-state index in [1.54, 1.807) is 36.4 Å². The molecule has 34 heavy (non-hydrogen) atoms. The number of carbonyl (C=O) groups is 2. The number of phenolic OH excluding ortho intramolecular Hbond substituents is 2. The van der Waals surface area contributed by atoms with Gasteiger partial charge in [-0.15, -0.1) is 0 Å². The van der Waals surface area contributed by atoms with Crippen molar-refractivity contribution in [1.29, 1.82) is 0 Å². The summed E-state index contributed by atoms with van der Waals surface area (Å²) in [6, 6.07) is 19.8. The SMILES string of the molecule is Nc1cc2c(cc1O)C(=O)c1ccccc1-2.O=C1c2ccccc2-c2cc([N+](=O)[O-])c(O)cc21. The standard InChI is InChI=1S/C13H7NO4.C13H9NO2/c15-12-6-10-9(5-11(12)14(17)18)7-3-1-2-4-8(7)13(10)16;14-11-5-9-7-3-1-2-4-8(7)13(16)10(9)6-12(11)15/h1-6,15H;1-6,15H,14H2. The van der Waals surface area contributed by atoms with Crippen LogP contribution in [0.15, 0.2) is 72.8 Å². The second-order valence-corrected chi connectivity index (χ2v) is 7.85. The highest BCUT2D eigenvalue weighted by Crippen LogP contribution is 2.42. The van der Waals surface area contributed by atoms with Gasteiger partial charge in [-0.1, -0.05) is 48.5 Å². The molecule has 0 unspecified atom stereocenters. The smallest absolute Gasteiger partial charge is 0.311 e. The van der Waals surface area contributed by atoms with E-state index < -0.39 is 16.4 Å².